The van der Waals surface area contributed by atoms with Crippen molar-refractivity contribution in [3.05, 3.63) is 90.5 Å². The van der Waals surface area contributed by atoms with Crippen LogP contribution in [0, 0.1) is 0 Å². The first-order valence-corrected chi connectivity index (χ1v) is 10.7. The van der Waals surface area contributed by atoms with Gasteiger partial charge in [0.25, 0.3) is 0 Å². The monoisotopic (exact) mass is 446 g/mol. The highest BCUT2D eigenvalue weighted by Crippen LogP contribution is 2.50. The van der Waals surface area contributed by atoms with Gasteiger partial charge in [-0.3, -0.25) is 0 Å². The molecule has 0 saturated heterocycles. The number of hydrogen-bond acceptors (Lipinski definition) is 4. The minimum atomic E-state index is -1.06. The van der Waals surface area contributed by atoms with Gasteiger partial charge in [0.15, 0.2) is 0 Å². The minimum absolute atomic E-state index is 0.0935. The van der Waals surface area contributed by atoms with Gasteiger partial charge in [-0.05, 0) is 45.5 Å². The van der Waals surface area contributed by atoms with Crippen LogP contribution in [0.3, 0.4) is 0 Å². The van der Waals surface area contributed by atoms with Gasteiger partial charge in [0.1, 0.15) is 17.2 Å². The summed E-state index contributed by atoms with van der Waals surface area (Å²) in [6, 6.07) is 24.7. The Morgan fingerprint density at radius 2 is 1.15 bits per heavy atom. The van der Waals surface area contributed by atoms with Crippen molar-refractivity contribution in [1.82, 2.24) is 0 Å². The summed E-state index contributed by atoms with van der Waals surface area (Å²) >= 11 is 0. The Hall–Kier alpha value is -4.77. The predicted octanol–water partition coefficient (Wildman–Crippen LogP) is 6.78. The molecular formula is C29H18O5. The van der Waals surface area contributed by atoms with Gasteiger partial charge in [0.05, 0.1) is 10.9 Å². The Morgan fingerprint density at radius 3 is 1.85 bits per heavy atom. The smallest absolute Gasteiger partial charge is 0.336 e. The van der Waals surface area contributed by atoms with Crippen molar-refractivity contribution < 1.29 is 25.2 Å². The molecule has 0 aliphatic heterocycles. The summed E-state index contributed by atoms with van der Waals surface area (Å²) in [4.78, 5) is 12.5. The van der Waals surface area contributed by atoms with Gasteiger partial charge in [-0.15, -0.1) is 0 Å². The maximum Gasteiger partial charge on any atom is 0.336 e. The number of rotatable bonds is 2. The zero-order chi connectivity index (χ0) is 23.6. The standard InChI is InChI=1S/C29H18O5/c30-22-13-12-19(24-26(22)28(32)21-10-4-3-9-20(21)27(24)31)18-11-5-7-16-14-15-6-1-2-8-17(15)25(23(16)18)29(33)34/h1-14,30-32H,(H,33,34). The van der Waals surface area contributed by atoms with Crippen molar-refractivity contribution in [3.63, 3.8) is 0 Å². The molecule has 0 bridgehead atoms. The van der Waals surface area contributed by atoms with Crippen LogP contribution in [0.5, 0.6) is 17.2 Å². The van der Waals surface area contributed by atoms with Crippen molar-refractivity contribution in [2.45, 2.75) is 0 Å². The molecule has 0 aliphatic carbocycles. The maximum absolute atomic E-state index is 12.5. The number of carboxylic acid groups (broad SMARTS) is 1. The molecule has 5 nitrogen and oxygen atoms in total. The fourth-order valence-electron chi connectivity index (χ4n) is 5.04. The molecule has 34 heavy (non-hydrogen) atoms. The molecule has 6 aromatic carbocycles. The lowest BCUT2D eigenvalue weighted by molar-refractivity contribution is 0.0701. The molecule has 6 aromatic rings. The number of aromatic hydroxyl groups is 3. The molecule has 4 N–H and O–H groups in total. The molecular weight excluding hydrogens is 428 g/mol. The number of fused-ring (bicyclic) bond motifs is 4. The Morgan fingerprint density at radius 1 is 0.559 bits per heavy atom. The molecule has 0 heterocycles. The van der Waals surface area contributed by atoms with Crippen LogP contribution in [-0.2, 0) is 0 Å². The fraction of sp³-hybridized carbons (Fsp3) is 0. The second-order valence-electron chi connectivity index (χ2n) is 8.31. The largest absolute Gasteiger partial charge is 0.507 e. The van der Waals surface area contributed by atoms with Crippen molar-refractivity contribution >= 4 is 49.1 Å². The lowest BCUT2D eigenvalue weighted by Crippen LogP contribution is -2.01. The molecule has 0 aromatic heterocycles. The zero-order valence-electron chi connectivity index (χ0n) is 17.8. The van der Waals surface area contributed by atoms with Crippen LogP contribution in [0.25, 0.3) is 54.2 Å². The molecule has 0 unspecified atom stereocenters. The average Bonchev–Trinajstić information content (AvgIpc) is 2.85. The van der Waals surface area contributed by atoms with E-state index in [1.54, 1.807) is 48.5 Å². The number of aromatic carboxylic acids is 1. The van der Waals surface area contributed by atoms with Crippen LogP contribution in [0.2, 0.25) is 0 Å². The molecule has 0 spiro atoms. The SMILES string of the molecule is O=C(O)c1c2ccccc2cc2cccc(-c3ccc(O)c4c(O)c5ccccc5c(O)c34)c12. The summed E-state index contributed by atoms with van der Waals surface area (Å²) in [6.45, 7) is 0. The van der Waals surface area contributed by atoms with E-state index in [1.807, 2.05) is 30.3 Å². The molecule has 0 atom stereocenters. The summed E-state index contributed by atoms with van der Waals surface area (Å²) in [6.07, 6.45) is 0. The number of phenols is 3. The number of benzene rings is 6. The van der Waals surface area contributed by atoms with Gasteiger partial charge in [0.2, 0.25) is 0 Å². The quantitative estimate of drug-likeness (QED) is 0.174. The van der Waals surface area contributed by atoms with Crippen LogP contribution >= 0.6 is 0 Å². The molecule has 6 rings (SSSR count). The van der Waals surface area contributed by atoms with Gasteiger partial charge in [-0.2, -0.15) is 0 Å². The minimum Gasteiger partial charge on any atom is -0.507 e. The Balaban J connectivity index is 1.85. The van der Waals surface area contributed by atoms with E-state index >= 15 is 0 Å². The van der Waals surface area contributed by atoms with E-state index in [-0.39, 0.29) is 33.6 Å². The lowest BCUT2D eigenvalue weighted by atomic mass is 9.87. The summed E-state index contributed by atoms with van der Waals surface area (Å²) in [5.74, 6) is -1.48. The van der Waals surface area contributed by atoms with E-state index in [0.717, 1.165) is 10.8 Å². The molecule has 0 aliphatic rings. The predicted molar refractivity (Wildman–Crippen MR) is 134 cm³/mol. The summed E-state index contributed by atoms with van der Waals surface area (Å²) < 4.78 is 0. The van der Waals surface area contributed by atoms with E-state index in [4.69, 9.17) is 0 Å². The van der Waals surface area contributed by atoms with Gasteiger partial charge in [-0.1, -0.05) is 66.7 Å². The van der Waals surface area contributed by atoms with Crippen LogP contribution in [0.1, 0.15) is 10.4 Å². The van der Waals surface area contributed by atoms with Crippen LogP contribution in [-0.4, -0.2) is 26.4 Å². The third kappa shape index (κ3) is 2.64. The van der Waals surface area contributed by atoms with E-state index in [9.17, 15) is 25.2 Å². The number of hydrogen-bond donors (Lipinski definition) is 4. The first kappa shape index (κ1) is 19.9. The average molecular weight is 446 g/mol. The second-order valence-corrected chi connectivity index (χ2v) is 8.31. The summed E-state index contributed by atoms with van der Waals surface area (Å²) in [5.41, 5.74) is 1.25. The first-order valence-electron chi connectivity index (χ1n) is 10.7. The summed E-state index contributed by atoms with van der Waals surface area (Å²) in [5, 5.41) is 47.1. The van der Waals surface area contributed by atoms with Gasteiger partial charge in [-0.25, -0.2) is 4.79 Å². The third-order valence-electron chi connectivity index (χ3n) is 6.49. The lowest BCUT2D eigenvalue weighted by Gasteiger charge is -2.17. The second kappa shape index (κ2) is 7.12. The molecule has 5 heteroatoms. The normalized spacial score (nSPS) is 11.5. The maximum atomic E-state index is 12.5. The van der Waals surface area contributed by atoms with E-state index < -0.39 is 5.97 Å². The van der Waals surface area contributed by atoms with Crippen LogP contribution in [0.4, 0.5) is 0 Å². The third-order valence-corrected chi connectivity index (χ3v) is 6.49. The Bertz CT molecular complexity index is 1820. The van der Waals surface area contributed by atoms with Crippen molar-refractivity contribution in [2.24, 2.45) is 0 Å². The summed E-state index contributed by atoms with van der Waals surface area (Å²) in [7, 11) is 0. The van der Waals surface area contributed by atoms with Gasteiger partial charge < -0.3 is 20.4 Å². The molecule has 0 radical (unpaired) electrons. The highest BCUT2D eigenvalue weighted by Gasteiger charge is 2.23. The molecule has 0 fully saturated rings. The van der Waals surface area contributed by atoms with Crippen LogP contribution < -0.4 is 0 Å². The van der Waals surface area contributed by atoms with E-state index in [0.29, 0.717) is 32.7 Å². The van der Waals surface area contributed by atoms with Gasteiger partial charge in [0, 0.05) is 21.5 Å². The number of phenolic OH excluding ortho intramolecular Hbond substituents is 3. The van der Waals surface area contributed by atoms with Crippen LogP contribution in [0.15, 0.2) is 84.9 Å². The van der Waals surface area contributed by atoms with Crippen molar-refractivity contribution in [3.8, 4) is 28.4 Å². The fourth-order valence-corrected chi connectivity index (χ4v) is 5.04. The highest BCUT2D eigenvalue weighted by atomic mass is 16.4. The van der Waals surface area contributed by atoms with Crippen molar-refractivity contribution in [1.29, 1.82) is 0 Å². The molecule has 0 saturated carbocycles. The van der Waals surface area contributed by atoms with E-state index in [1.165, 1.54) is 6.07 Å². The Kier molecular flexibility index (Phi) is 4.16. The van der Waals surface area contributed by atoms with E-state index in [2.05, 4.69) is 0 Å². The highest BCUT2D eigenvalue weighted by molar-refractivity contribution is 6.23. The number of carboxylic acids is 1. The number of carbonyl (C=O) groups is 1. The Labute approximate surface area is 193 Å². The molecule has 164 valence electrons. The first-order chi connectivity index (χ1) is 16.5. The van der Waals surface area contributed by atoms with Crippen molar-refractivity contribution in [2.75, 3.05) is 0 Å². The molecule has 0 amide bonds. The zero-order valence-corrected chi connectivity index (χ0v) is 17.8. The topological polar surface area (TPSA) is 98.0 Å². The van der Waals surface area contributed by atoms with Gasteiger partial charge >= 0.3 is 5.97 Å².